The number of aromatic amines is 1. The third kappa shape index (κ3) is 3.68. The van der Waals surface area contributed by atoms with Crippen molar-refractivity contribution in [1.82, 2.24) is 20.4 Å². The van der Waals surface area contributed by atoms with Gasteiger partial charge in [0, 0.05) is 29.5 Å². The Kier molecular flexibility index (Phi) is 4.59. The number of amides is 1. The number of carbonyl (C=O) groups excluding carboxylic acids is 1. The first-order valence-corrected chi connectivity index (χ1v) is 8.55. The van der Waals surface area contributed by atoms with E-state index in [1.807, 2.05) is 48.7 Å². The van der Waals surface area contributed by atoms with Crippen molar-refractivity contribution in [3.05, 3.63) is 72.2 Å². The molecule has 0 spiro atoms. The van der Waals surface area contributed by atoms with Gasteiger partial charge in [-0.05, 0) is 35.7 Å². The normalized spacial score (nSPS) is 12.6. The molecule has 4 N–H and O–H groups in total. The Hall–Kier alpha value is -3.58. The lowest BCUT2D eigenvalue weighted by molar-refractivity contribution is -0.122. The van der Waals surface area contributed by atoms with E-state index in [0.29, 0.717) is 6.42 Å². The van der Waals surface area contributed by atoms with Crippen molar-refractivity contribution in [1.29, 1.82) is 0 Å². The number of H-pyrrole nitrogens is 1. The first-order valence-electron chi connectivity index (χ1n) is 8.55. The van der Waals surface area contributed by atoms with Crippen LogP contribution >= 0.6 is 0 Å². The van der Waals surface area contributed by atoms with Gasteiger partial charge in [0.1, 0.15) is 0 Å². The number of hydrogen-bond donors (Lipinski definition) is 3. The number of hydrazone groups is 1. The third-order valence-corrected chi connectivity index (χ3v) is 4.33. The molecule has 1 amide bonds. The average Bonchev–Trinajstić information content (AvgIpc) is 3.11. The number of aromatic nitrogens is 3. The minimum Gasteiger partial charge on any atom is -0.361 e. The van der Waals surface area contributed by atoms with Crippen LogP contribution in [0.2, 0.25) is 0 Å². The van der Waals surface area contributed by atoms with Crippen molar-refractivity contribution in [3.8, 4) is 0 Å². The molecule has 0 bridgehead atoms. The predicted octanol–water partition coefficient (Wildman–Crippen LogP) is 2.13. The number of nitrogens with two attached hydrogens (primary N) is 1. The molecule has 27 heavy (non-hydrogen) atoms. The van der Waals surface area contributed by atoms with E-state index in [1.54, 1.807) is 18.6 Å². The Morgan fingerprint density at radius 2 is 2.00 bits per heavy atom. The van der Waals surface area contributed by atoms with Crippen LogP contribution in [0.25, 0.3) is 21.9 Å². The maximum absolute atomic E-state index is 12.2. The van der Waals surface area contributed by atoms with Crippen molar-refractivity contribution in [2.24, 2.45) is 10.8 Å². The minimum atomic E-state index is -0.691. The second-order valence-electron chi connectivity index (χ2n) is 6.21. The molecule has 1 atom stereocenters. The van der Waals surface area contributed by atoms with Crippen LogP contribution in [0.3, 0.4) is 0 Å². The second kappa shape index (κ2) is 7.35. The van der Waals surface area contributed by atoms with Crippen LogP contribution in [0.5, 0.6) is 0 Å². The Morgan fingerprint density at radius 3 is 2.89 bits per heavy atom. The zero-order valence-corrected chi connectivity index (χ0v) is 14.5. The molecule has 0 radical (unpaired) electrons. The molecule has 0 saturated carbocycles. The van der Waals surface area contributed by atoms with Gasteiger partial charge < -0.3 is 10.7 Å². The van der Waals surface area contributed by atoms with Gasteiger partial charge in [0.2, 0.25) is 0 Å². The van der Waals surface area contributed by atoms with Crippen molar-refractivity contribution in [2.75, 3.05) is 0 Å². The molecule has 7 heteroatoms. The van der Waals surface area contributed by atoms with Crippen LogP contribution in [0, 0.1) is 0 Å². The number of rotatable bonds is 5. The Balaban J connectivity index is 1.39. The summed E-state index contributed by atoms with van der Waals surface area (Å²) in [6.07, 6.45) is 7.15. The third-order valence-electron chi connectivity index (χ3n) is 4.33. The number of para-hydroxylation sites is 1. The zero-order valence-electron chi connectivity index (χ0n) is 14.5. The molecule has 0 fully saturated rings. The molecule has 4 aromatic rings. The summed E-state index contributed by atoms with van der Waals surface area (Å²) in [5, 5.41) is 5.07. The first-order chi connectivity index (χ1) is 13.2. The van der Waals surface area contributed by atoms with E-state index in [0.717, 1.165) is 33.1 Å². The summed E-state index contributed by atoms with van der Waals surface area (Å²) in [7, 11) is 0. The largest absolute Gasteiger partial charge is 0.361 e. The molecular weight excluding hydrogens is 340 g/mol. The SMILES string of the molecule is N[C@@H](Cc1c[nH]c2ccccc12)C(=O)N/N=C/c1ccc2nccnc2c1. The number of hydrogen-bond acceptors (Lipinski definition) is 5. The van der Waals surface area contributed by atoms with Crippen molar-refractivity contribution < 1.29 is 4.79 Å². The monoisotopic (exact) mass is 358 g/mol. The lowest BCUT2D eigenvalue weighted by atomic mass is 10.1. The van der Waals surface area contributed by atoms with Gasteiger partial charge in [-0.25, -0.2) is 5.43 Å². The van der Waals surface area contributed by atoms with Crippen LogP contribution in [0.1, 0.15) is 11.1 Å². The summed E-state index contributed by atoms with van der Waals surface area (Å²) >= 11 is 0. The highest BCUT2D eigenvalue weighted by atomic mass is 16.2. The van der Waals surface area contributed by atoms with Crippen LogP contribution < -0.4 is 11.2 Å². The number of benzene rings is 2. The topological polar surface area (TPSA) is 109 Å². The molecule has 134 valence electrons. The first kappa shape index (κ1) is 16.9. The highest BCUT2D eigenvalue weighted by Gasteiger charge is 2.15. The molecule has 2 aromatic heterocycles. The van der Waals surface area contributed by atoms with Crippen molar-refractivity contribution in [2.45, 2.75) is 12.5 Å². The summed E-state index contributed by atoms with van der Waals surface area (Å²) in [5.41, 5.74) is 13.0. The van der Waals surface area contributed by atoms with E-state index in [2.05, 4.69) is 25.5 Å². The van der Waals surface area contributed by atoms with E-state index < -0.39 is 6.04 Å². The van der Waals surface area contributed by atoms with Crippen LogP contribution in [0.15, 0.2) is 66.2 Å². The highest BCUT2D eigenvalue weighted by molar-refractivity contribution is 5.89. The molecule has 0 saturated heterocycles. The van der Waals surface area contributed by atoms with Crippen LogP contribution in [-0.4, -0.2) is 33.1 Å². The minimum absolute atomic E-state index is 0.336. The van der Waals surface area contributed by atoms with Gasteiger partial charge in [0.25, 0.3) is 5.91 Å². The molecule has 0 unspecified atom stereocenters. The lowest BCUT2D eigenvalue weighted by Crippen LogP contribution is -2.39. The van der Waals surface area contributed by atoms with Gasteiger partial charge in [-0.15, -0.1) is 0 Å². The molecule has 0 aliphatic heterocycles. The lowest BCUT2D eigenvalue weighted by Gasteiger charge is -2.09. The van der Waals surface area contributed by atoms with E-state index in [-0.39, 0.29) is 5.91 Å². The summed E-state index contributed by atoms with van der Waals surface area (Å²) < 4.78 is 0. The fraction of sp³-hybridized carbons (Fsp3) is 0.100. The number of fused-ring (bicyclic) bond motifs is 2. The van der Waals surface area contributed by atoms with Gasteiger partial charge in [-0.2, -0.15) is 5.10 Å². The summed E-state index contributed by atoms with van der Waals surface area (Å²) in [4.78, 5) is 23.9. The highest BCUT2D eigenvalue weighted by Crippen LogP contribution is 2.18. The van der Waals surface area contributed by atoms with E-state index in [9.17, 15) is 4.79 Å². The molecule has 4 rings (SSSR count). The molecule has 0 aliphatic rings. The average molecular weight is 358 g/mol. The van der Waals surface area contributed by atoms with E-state index in [4.69, 9.17) is 5.73 Å². The molecule has 2 heterocycles. The number of nitrogens with zero attached hydrogens (tertiary/aromatic N) is 3. The smallest absolute Gasteiger partial charge is 0.257 e. The summed E-state index contributed by atoms with van der Waals surface area (Å²) in [6, 6.07) is 12.8. The van der Waals surface area contributed by atoms with Gasteiger partial charge in [0.05, 0.1) is 23.3 Å². The Labute approximate surface area is 155 Å². The van der Waals surface area contributed by atoms with Crippen molar-refractivity contribution in [3.63, 3.8) is 0 Å². The van der Waals surface area contributed by atoms with Crippen LogP contribution in [0.4, 0.5) is 0 Å². The van der Waals surface area contributed by atoms with Gasteiger partial charge in [-0.1, -0.05) is 24.3 Å². The quantitative estimate of drug-likeness (QED) is 0.375. The van der Waals surface area contributed by atoms with E-state index >= 15 is 0 Å². The molecule has 0 aliphatic carbocycles. The summed E-state index contributed by atoms with van der Waals surface area (Å²) in [5.74, 6) is -0.336. The molecular formula is C20H18N6O. The summed E-state index contributed by atoms with van der Waals surface area (Å²) in [6.45, 7) is 0. The zero-order chi connectivity index (χ0) is 18.6. The van der Waals surface area contributed by atoms with Gasteiger partial charge >= 0.3 is 0 Å². The molecule has 7 nitrogen and oxygen atoms in total. The fourth-order valence-corrected chi connectivity index (χ4v) is 2.94. The fourth-order valence-electron chi connectivity index (χ4n) is 2.94. The molecule has 2 aromatic carbocycles. The van der Waals surface area contributed by atoms with Gasteiger partial charge in [0.15, 0.2) is 0 Å². The van der Waals surface area contributed by atoms with Crippen molar-refractivity contribution >= 4 is 34.1 Å². The standard InChI is InChI=1S/C20H18N6O/c21-16(10-14-12-24-17-4-2-1-3-15(14)17)20(27)26-25-11-13-5-6-18-19(9-13)23-8-7-22-18/h1-9,11-12,16,24H,10,21H2,(H,26,27)/b25-11+/t16-/m0/s1. The van der Waals surface area contributed by atoms with Gasteiger partial charge in [-0.3, -0.25) is 14.8 Å². The number of carbonyl (C=O) groups is 1. The maximum Gasteiger partial charge on any atom is 0.257 e. The van der Waals surface area contributed by atoms with E-state index in [1.165, 1.54) is 0 Å². The number of nitrogens with one attached hydrogen (secondary N) is 2. The predicted molar refractivity (Wildman–Crippen MR) is 105 cm³/mol. The Bertz CT molecular complexity index is 1130. The maximum atomic E-state index is 12.2. The Morgan fingerprint density at radius 1 is 1.19 bits per heavy atom. The van der Waals surface area contributed by atoms with Crippen LogP contribution in [-0.2, 0) is 11.2 Å². The second-order valence-corrected chi connectivity index (χ2v) is 6.21.